The van der Waals surface area contributed by atoms with Crippen LogP contribution in [0.5, 0.6) is 0 Å². The lowest BCUT2D eigenvalue weighted by atomic mass is 9.92. The molecule has 1 aliphatic rings. The molecule has 1 aliphatic carbocycles. The summed E-state index contributed by atoms with van der Waals surface area (Å²) in [5.74, 6) is 2.77. The number of allylic oxidation sites excluding steroid dienone is 2. The van der Waals surface area contributed by atoms with Crippen molar-refractivity contribution in [1.82, 2.24) is 0 Å². The van der Waals surface area contributed by atoms with E-state index in [4.69, 9.17) is 0 Å². The Hall–Kier alpha value is -0.260. The first kappa shape index (κ1) is 10.8. The monoisotopic (exact) mass is 180 g/mol. The van der Waals surface area contributed by atoms with Gasteiger partial charge in [0.1, 0.15) is 0 Å². The van der Waals surface area contributed by atoms with E-state index in [9.17, 15) is 0 Å². The fraction of sp³-hybridized carbons (Fsp3) is 0.846. The van der Waals surface area contributed by atoms with Gasteiger partial charge in [-0.05, 0) is 36.0 Å². The molecule has 0 aliphatic heterocycles. The van der Waals surface area contributed by atoms with Crippen molar-refractivity contribution in [1.29, 1.82) is 0 Å². The van der Waals surface area contributed by atoms with E-state index in [0.29, 0.717) is 5.41 Å². The van der Waals surface area contributed by atoms with E-state index in [1.165, 1.54) is 12.8 Å². The van der Waals surface area contributed by atoms with Crippen LogP contribution in [0.15, 0.2) is 12.2 Å². The first-order valence-corrected chi connectivity index (χ1v) is 5.57. The van der Waals surface area contributed by atoms with Crippen LogP contribution in [0.1, 0.15) is 47.5 Å². The van der Waals surface area contributed by atoms with Gasteiger partial charge in [-0.25, -0.2) is 0 Å². The molecular weight excluding hydrogens is 156 g/mol. The predicted octanol–water partition coefficient (Wildman–Crippen LogP) is 4.27. The molecule has 1 fully saturated rings. The molecule has 2 unspecified atom stereocenters. The summed E-state index contributed by atoms with van der Waals surface area (Å²) in [6.07, 6.45) is 7.47. The van der Waals surface area contributed by atoms with E-state index in [1.807, 2.05) is 0 Å². The summed E-state index contributed by atoms with van der Waals surface area (Å²) < 4.78 is 0. The van der Waals surface area contributed by atoms with Gasteiger partial charge in [0.15, 0.2) is 0 Å². The summed E-state index contributed by atoms with van der Waals surface area (Å²) in [6, 6.07) is 0. The molecule has 0 saturated heterocycles. The Kier molecular flexibility index (Phi) is 3.21. The van der Waals surface area contributed by atoms with Crippen molar-refractivity contribution in [3.8, 4) is 0 Å². The summed E-state index contributed by atoms with van der Waals surface area (Å²) in [5.41, 5.74) is 0.457. The largest absolute Gasteiger partial charge is 0.0877 e. The van der Waals surface area contributed by atoms with Gasteiger partial charge in [0.25, 0.3) is 0 Å². The van der Waals surface area contributed by atoms with Crippen molar-refractivity contribution in [2.24, 2.45) is 23.2 Å². The Balaban J connectivity index is 2.21. The van der Waals surface area contributed by atoms with Crippen LogP contribution >= 0.6 is 0 Å². The van der Waals surface area contributed by atoms with E-state index >= 15 is 0 Å². The molecule has 0 N–H and O–H groups in total. The van der Waals surface area contributed by atoms with Crippen LogP contribution in [0.4, 0.5) is 0 Å². The van der Waals surface area contributed by atoms with Gasteiger partial charge in [-0.1, -0.05) is 46.8 Å². The van der Waals surface area contributed by atoms with Crippen LogP contribution in [0.25, 0.3) is 0 Å². The van der Waals surface area contributed by atoms with Crippen molar-refractivity contribution in [3.63, 3.8) is 0 Å². The van der Waals surface area contributed by atoms with Gasteiger partial charge in [-0.15, -0.1) is 0 Å². The van der Waals surface area contributed by atoms with E-state index in [1.54, 1.807) is 0 Å². The van der Waals surface area contributed by atoms with Crippen LogP contribution in [-0.4, -0.2) is 0 Å². The lowest BCUT2D eigenvalue weighted by Crippen LogP contribution is -2.01. The van der Waals surface area contributed by atoms with Crippen molar-refractivity contribution < 1.29 is 0 Å². The molecule has 0 spiro atoms. The molecule has 0 aromatic heterocycles. The second-order valence-electron chi connectivity index (χ2n) is 6.00. The zero-order valence-electron chi connectivity index (χ0n) is 9.80. The minimum atomic E-state index is 0.457. The average Bonchev–Trinajstić information content (AvgIpc) is 2.63. The van der Waals surface area contributed by atoms with E-state index in [-0.39, 0.29) is 0 Å². The Morgan fingerprint density at radius 2 is 1.92 bits per heavy atom. The molecule has 13 heavy (non-hydrogen) atoms. The van der Waals surface area contributed by atoms with Crippen molar-refractivity contribution in [2.75, 3.05) is 0 Å². The summed E-state index contributed by atoms with van der Waals surface area (Å²) >= 11 is 0. The SMILES string of the molecule is CC(C)C1CC1/C=C/CC(C)(C)C. The molecule has 1 rings (SSSR count). The topological polar surface area (TPSA) is 0 Å². The normalized spacial score (nSPS) is 28.8. The minimum absolute atomic E-state index is 0.457. The predicted molar refractivity (Wildman–Crippen MR) is 59.6 cm³/mol. The maximum Gasteiger partial charge on any atom is -0.0200 e. The second kappa shape index (κ2) is 3.86. The zero-order valence-corrected chi connectivity index (χ0v) is 9.80. The number of hydrogen-bond acceptors (Lipinski definition) is 0. The molecule has 0 heterocycles. The highest BCUT2D eigenvalue weighted by atomic mass is 14.4. The Labute approximate surface area is 83.4 Å². The van der Waals surface area contributed by atoms with Gasteiger partial charge in [-0.3, -0.25) is 0 Å². The highest BCUT2D eigenvalue weighted by Gasteiger charge is 2.36. The fourth-order valence-electron chi connectivity index (χ4n) is 1.82. The lowest BCUT2D eigenvalue weighted by molar-refractivity contribution is 0.419. The Bertz CT molecular complexity index is 181. The molecule has 76 valence electrons. The van der Waals surface area contributed by atoms with E-state index < -0.39 is 0 Å². The standard InChI is InChI=1S/C13H24/c1-10(2)12-9-11(12)7-6-8-13(3,4)5/h6-7,10-12H,8-9H2,1-5H3/b7-6+. The molecule has 0 bridgehead atoms. The summed E-state index contributed by atoms with van der Waals surface area (Å²) in [4.78, 5) is 0. The fourth-order valence-corrected chi connectivity index (χ4v) is 1.82. The highest BCUT2D eigenvalue weighted by Crippen LogP contribution is 2.45. The summed E-state index contributed by atoms with van der Waals surface area (Å²) in [7, 11) is 0. The first-order chi connectivity index (χ1) is 5.90. The lowest BCUT2D eigenvalue weighted by Gasteiger charge is -2.14. The third-order valence-electron chi connectivity index (χ3n) is 2.86. The van der Waals surface area contributed by atoms with Crippen LogP contribution in [0, 0.1) is 23.2 Å². The van der Waals surface area contributed by atoms with Gasteiger partial charge in [-0.2, -0.15) is 0 Å². The highest BCUT2D eigenvalue weighted by molar-refractivity contribution is 5.03. The van der Waals surface area contributed by atoms with Crippen molar-refractivity contribution >= 4 is 0 Å². The van der Waals surface area contributed by atoms with Crippen molar-refractivity contribution in [3.05, 3.63) is 12.2 Å². The van der Waals surface area contributed by atoms with E-state index in [0.717, 1.165) is 17.8 Å². The maximum atomic E-state index is 2.44. The van der Waals surface area contributed by atoms with Crippen molar-refractivity contribution in [2.45, 2.75) is 47.5 Å². The third kappa shape index (κ3) is 3.97. The van der Waals surface area contributed by atoms with Gasteiger partial charge >= 0.3 is 0 Å². The molecule has 2 atom stereocenters. The van der Waals surface area contributed by atoms with Crippen LogP contribution in [-0.2, 0) is 0 Å². The third-order valence-corrected chi connectivity index (χ3v) is 2.86. The number of hydrogen-bond donors (Lipinski definition) is 0. The Morgan fingerprint density at radius 3 is 2.31 bits per heavy atom. The number of rotatable bonds is 3. The van der Waals surface area contributed by atoms with E-state index in [2.05, 4.69) is 46.8 Å². The smallest absolute Gasteiger partial charge is 0.0200 e. The van der Waals surface area contributed by atoms with Crippen LogP contribution in [0.3, 0.4) is 0 Å². The average molecular weight is 180 g/mol. The maximum absolute atomic E-state index is 2.44. The molecule has 1 saturated carbocycles. The molecule has 0 amide bonds. The second-order valence-corrected chi connectivity index (χ2v) is 6.00. The zero-order chi connectivity index (χ0) is 10.1. The van der Waals surface area contributed by atoms with Gasteiger partial charge < -0.3 is 0 Å². The van der Waals surface area contributed by atoms with Gasteiger partial charge in [0.05, 0.1) is 0 Å². The summed E-state index contributed by atoms with van der Waals surface area (Å²) in [5, 5.41) is 0. The first-order valence-electron chi connectivity index (χ1n) is 5.57. The molecule has 0 aromatic carbocycles. The van der Waals surface area contributed by atoms with Gasteiger partial charge in [0.2, 0.25) is 0 Å². The molecule has 0 nitrogen and oxygen atoms in total. The van der Waals surface area contributed by atoms with Crippen LogP contribution < -0.4 is 0 Å². The molecule has 0 heteroatoms. The molecular formula is C13H24. The minimum Gasteiger partial charge on any atom is -0.0877 e. The quantitative estimate of drug-likeness (QED) is 0.569. The van der Waals surface area contributed by atoms with Gasteiger partial charge in [0, 0.05) is 0 Å². The summed E-state index contributed by atoms with van der Waals surface area (Å²) in [6.45, 7) is 11.6. The molecule has 0 radical (unpaired) electrons. The molecule has 0 aromatic rings. The van der Waals surface area contributed by atoms with Crippen LogP contribution in [0.2, 0.25) is 0 Å². The Morgan fingerprint density at radius 1 is 1.31 bits per heavy atom.